The van der Waals surface area contributed by atoms with Crippen LogP contribution in [-0.2, 0) is 6.54 Å². The summed E-state index contributed by atoms with van der Waals surface area (Å²) in [5, 5.41) is 12.1. The van der Waals surface area contributed by atoms with Crippen molar-refractivity contribution in [1.29, 1.82) is 5.26 Å². The van der Waals surface area contributed by atoms with Crippen LogP contribution in [0.1, 0.15) is 17.5 Å². The van der Waals surface area contributed by atoms with Gasteiger partial charge in [0.1, 0.15) is 0 Å². The van der Waals surface area contributed by atoms with Gasteiger partial charge in [-0.3, -0.25) is 0 Å². The van der Waals surface area contributed by atoms with Crippen LogP contribution in [-0.4, -0.2) is 6.54 Å². The Morgan fingerprint density at radius 3 is 2.93 bits per heavy atom. The van der Waals surface area contributed by atoms with Crippen LogP contribution in [0.4, 0.5) is 0 Å². The van der Waals surface area contributed by atoms with Crippen molar-refractivity contribution in [1.82, 2.24) is 5.32 Å². The molecule has 1 aromatic carbocycles. The molecule has 0 aliphatic carbocycles. The first-order chi connectivity index (χ1) is 6.88. The van der Waals surface area contributed by atoms with E-state index in [0.29, 0.717) is 0 Å². The maximum absolute atomic E-state index is 8.83. The van der Waals surface area contributed by atoms with E-state index in [2.05, 4.69) is 18.0 Å². The second-order valence-electron chi connectivity index (χ2n) is 3.02. The summed E-state index contributed by atoms with van der Waals surface area (Å²) in [5.74, 6) is 0. The minimum atomic E-state index is 0.748. The van der Waals surface area contributed by atoms with E-state index < -0.39 is 0 Å². The second kappa shape index (κ2) is 5.95. The summed E-state index contributed by atoms with van der Waals surface area (Å²) in [4.78, 5) is 0. The zero-order valence-corrected chi connectivity index (χ0v) is 8.16. The van der Waals surface area contributed by atoms with Crippen LogP contribution in [0.2, 0.25) is 0 Å². The second-order valence-corrected chi connectivity index (χ2v) is 3.02. The van der Waals surface area contributed by atoms with Gasteiger partial charge in [0.15, 0.2) is 0 Å². The van der Waals surface area contributed by atoms with Gasteiger partial charge < -0.3 is 5.32 Å². The predicted molar refractivity (Wildman–Crippen MR) is 57.7 cm³/mol. The van der Waals surface area contributed by atoms with Crippen molar-refractivity contribution in [2.24, 2.45) is 0 Å². The summed E-state index contributed by atoms with van der Waals surface area (Å²) in [6, 6.07) is 9.82. The topological polar surface area (TPSA) is 35.8 Å². The van der Waals surface area contributed by atoms with Gasteiger partial charge in [0.25, 0.3) is 0 Å². The van der Waals surface area contributed by atoms with Crippen molar-refractivity contribution in [2.45, 2.75) is 13.0 Å². The van der Waals surface area contributed by atoms with Crippen LogP contribution >= 0.6 is 0 Å². The fourth-order valence-corrected chi connectivity index (χ4v) is 1.21. The van der Waals surface area contributed by atoms with Crippen LogP contribution < -0.4 is 5.32 Å². The Bertz CT molecular complexity index is 336. The van der Waals surface area contributed by atoms with Crippen molar-refractivity contribution in [2.75, 3.05) is 6.54 Å². The van der Waals surface area contributed by atoms with Gasteiger partial charge in [0.2, 0.25) is 0 Å². The monoisotopic (exact) mass is 186 g/mol. The molecule has 1 N–H and O–H groups in total. The molecule has 0 unspecified atom stereocenters. The molecule has 0 amide bonds. The van der Waals surface area contributed by atoms with Gasteiger partial charge in [-0.05, 0) is 24.6 Å². The summed E-state index contributed by atoms with van der Waals surface area (Å²) >= 11 is 0. The molecule has 0 radical (unpaired) electrons. The quantitative estimate of drug-likeness (QED) is 0.565. The fourth-order valence-electron chi connectivity index (χ4n) is 1.21. The fraction of sp³-hybridized carbons (Fsp3) is 0.250. The molecular weight excluding hydrogens is 172 g/mol. The maximum atomic E-state index is 8.83. The van der Waals surface area contributed by atoms with E-state index in [9.17, 15) is 0 Å². The third-order valence-electron chi connectivity index (χ3n) is 1.98. The lowest BCUT2D eigenvalue weighted by Gasteiger charge is -2.04. The molecule has 0 atom stereocenters. The third-order valence-corrected chi connectivity index (χ3v) is 1.98. The van der Waals surface area contributed by atoms with Crippen molar-refractivity contribution in [3.8, 4) is 6.07 Å². The van der Waals surface area contributed by atoms with E-state index in [1.54, 1.807) is 0 Å². The Morgan fingerprint density at radius 1 is 1.43 bits per heavy atom. The number of nitrogens with one attached hydrogen (secondary N) is 1. The highest BCUT2D eigenvalue weighted by molar-refractivity contribution is 5.37. The van der Waals surface area contributed by atoms with Crippen molar-refractivity contribution in [3.63, 3.8) is 0 Å². The highest BCUT2D eigenvalue weighted by Crippen LogP contribution is 2.06. The lowest BCUT2D eigenvalue weighted by atomic mass is 10.1. The molecule has 0 aliphatic rings. The molecule has 0 saturated carbocycles. The molecule has 72 valence electrons. The number of hydrogen-bond acceptors (Lipinski definition) is 2. The molecule has 0 aliphatic heterocycles. The van der Waals surface area contributed by atoms with Gasteiger partial charge in [0, 0.05) is 6.54 Å². The molecule has 0 bridgehead atoms. The SMILES string of the molecule is C=CCCNCc1ccccc1C#N. The number of hydrogen-bond donors (Lipinski definition) is 1. The Morgan fingerprint density at radius 2 is 2.21 bits per heavy atom. The van der Waals surface area contributed by atoms with Gasteiger partial charge in [-0.2, -0.15) is 5.26 Å². The maximum Gasteiger partial charge on any atom is 0.0995 e. The Labute approximate surface area is 84.9 Å². The van der Waals surface area contributed by atoms with Gasteiger partial charge in [-0.25, -0.2) is 0 Å². The number of nitrogens with zero attached hydrogens (tertiary/aromatic N) is 1. The standard InChI is InChI=1S/C12H14N2/c1-2-3-8-14-10-12-7-5-4-6-11(12)9-13/h2,4-7,14H,1,3,8,10H2. The summed E-state index contributed by atoms with van der Waals surface area (Å²) < 4.78 is 0. The van der Waals surface area contributed by atoms with Crippen molar-refractivity contribution in [3.05, 3.63) is 48.0 Å². The van der Waals surface area contributed by atoms with E-state index >= 15 is 0 Å². The zero-order valence-electron chi connectivity index (χ0n) is 8.16. The summed E-state index contributed by atoms with van der Waals surface area (Å²) in [5.41, 5.74) is 1.80. The third kappa shape index (κ3) is 3.04. The molecule has 1 aromatic rings. The highest BCUT2D eigenvalue weighted by atomic mass is 14.8. The first-order valence-electron chi connectivity index (χ1n) is 4.68. The minimum absolute atomic E-state index is 0.748. The van der Waals surface area contributed by atoms with Crippen LogP contribution in [0, 0.1) is 11.3 Å². The van der Waals surface area contributed by atoms with E-state index in [0.717, 1.165) is 30.6 Å². The average molecular weight is 186 g/mol. The van der Waals surface area contributed by atoms with Crippen molar-refractivity contribution >= 4 is 0 Å². The first-order valence-corrected chi connectivity index (χ1v) is 4.68. The molecule has 2 nitrogen and oxygen atoms in total. The molecule has 0 fully saturated rings. The lowest BCUT2D eigenvalue weighted by Crippen LogP contribution is -2.14. The number of benzene rings is 1. The number of nitriles is 1. The lowest BCUT2D eigenvalue weighted by molar-refractivity contribution is 0.695. The van der Waals surface area contributed by atoms with Gasteiger partial charge in [-0.1, -0.05) is 24.3 Å². The molecule has 0 spiro atoms. The van der Waals surface area contributed by atoms with Crippen LogP contribution in [0.5, 0.6) is 0 Å². The molecule has 14 heavy (non-hydrogen) atoms. The Hall–Kier alpha value is -1.59. The van der Waals surface area contributed by atoms with Crippen LogP contribution in [0.15, 0.2) is 36.9 Å². The molecule has 2 heteroatoms. The number of rotatable bonds is 5. The smallest absolute Gasteiger partial charge is 0.0995 e. The van der Waals surface area contributed by atoms with E-state index in [4.69, 9.17) is 5.26 Å². The minimum Gasteiger partial charge on any atom is -0.312 e. The van der Waals surface area contributed by atoms with Gasteiger partial charge in [0.05, 0.1) is 11.6 Å². The first kappa shape index (κ1) is 10.5. The molecule has 0 heterocycles. The summed E-state index contributed by atoms with van der Waals surface area (Å²) in [6.07, 6.45) is 2.83. The molecule has 1 rings (SSSR count). The van der Waals surface area contributed by atoms with Crippen LogP contribution in [0.3, 0.4) is 0 Å². The molecular formula is C12H14N2. The Balaban J connectivity index is 2.50. The highest BCUT2D eigenvalue weighted by Gasteiger charge is 1.98. The van der Waals surface area contributed by atoms with Gasteiger partial charge >= 0.3 is 0 Å². The average Bonchev–Trinajstić information content (AvgIpc) is 2.25. The largest absolute Gasteiger partial charge is 0.312 e. The molecule has 0 saturated heterocycles. The van der Waals surface area contributed by atoms with E-state index in [-0.39, 0.29) is 0 Å². The molecule has 0 aromatic heterocycles. The predicted octanol–water partition coefficient (Wildman–Crippen LogP) is 2.22. The van der Waals surface area contributed by atoms with Gasteiger partial charge in [-0.15, -0.1) is 6.58 Å². The van der Waals surface area contributed by atoms with Crippen molar-refractivity contribution < 1.29 is 0 Å². The van der Waals surface area contributed by atoms with E-state index in [1.807, 2.05) is 30.3 Å². The van der Waals surface area contributed by atoms with Crippen LogP contribution in [0.25, 0.3) is 0 Å². The summed E-state index contributed by atoms with van der Waals surface area (Å²) in [6.45, 7) is 5.30. The zero-order chi connectivity index (χ0) is 10.2. The normalized spacial score (nSPS) is 9.36. The van der Waals surface area contributed by atoms with E-state index in [1.165, 1.54) is 0 Å². The summed E-state index contributed by atoms with van der Waals surface area (Å²) in [7, 11) is 0. The Kier molecular flexibility index (Phi) is 4.46.